The Hall–Kier alpha value is -2.06. The minimum atomic E-state index is -3.66. The first kappa shape index (κ1) is 19.3. The highest BCUT2D eigenvalue weighted by Crippen LogP contribution is 2.18. The smallest absolute Gasteiger partial charge is 0.263 e. The summed E-state index contributed by atoms with van der Waals surface area (Å²) in [6.07, 6.45) is 4.49. The molecule has 0 atom stereocenters. The first-order valence-corrected chi connectivity index (χ1v) is 10.3. The van der Waals surface area contributed by atoms with Crippen LogP contribution in [0.4, 0.5) is 5.69 Å². The molecule has 0 unspecified atom stereocenters. The molecule has 1 amide bonds. The molecule has 25 heavy (non-hydrogen) atoms. The Labute approximate surface area is 152 Å². The predicted octanol–water partition coefficient (Wildman–Crippen LogP) is 2.77. The predicted molar refractivity (Wildman–Crippen MR) is 103 cm³/mol. The lowest BCUT2D eigenvalue weighted by atomic mass is 10.0. The Kier molecular flexibility index (Phi) is 6.83. The topological polar surface area (TPSA) is 87.6 Å². The van der Waals surface area contributed by atoms with Gasteiger partial charge in [0.1, 0.15) is 0 Å². The summed E-state index contributed by atoms with van der Waals surface area (Å²) in [5.74, 6) is 0.391. The lowest BCUT2D eigenvalue weighted by Crippen LogP contribution is -2.27. The highest BCUT2D eigenvalue weighted by Gasteiger charge is 2.19. The van der Waals surface area contributed by atoms with E-state index >= 15 is 0 Å². The van der Waals surface area contributed by atoms with E-state index < -0.39 is 10.0 Å². The molecule has 2 rings (SSSR count). The zero-order valence-corrected chi connectivity index (χ0v) is 15.4. The van der Waals surface area contributed by atoms with Gasteiger partial charge in [-0.3, -0.25) is 14.5 Å². The van der Waals surface area contributed by atoms with Crippen molar-refractivity contribution in [2.45, 2.75) is 17.7 Å². The fourth-order valence-electron chi connectivity index (χ4n) is 2.25. The van der Waals surface area contributed by atoms with E-state index in [0.29, 0.717) is 30.2 Å². The molecule has 1 aliphatic rings. The number of benzene rings is 1. The summed E-state index contributed by atoms with van der Waals surface area (Å²) in [5, 5.41) is 3.20. The molecule has 0 aromatic heterocycles. The number of amidine groups is 1. The highest BCUT2D eigenvalue weighted by molar-refractivity contribution is 8.15. The quantitative estimate of drug-likeness (QED) is 0.680. The van der Waals surface area contributed by atoms with Gasteiger partial charge in [-0.15, -0.1) is 13.2 Å². The maximum atomic E-state index is 12.3. The maximum Gasteiger partial charge on any atom is 0.263 e. The first-order valence-electron chi connectivity index (χ1n) is 7.79. The molecular weight excluding hydrogens is 358 g/mol. The number of nitrogens with one attached hydrogen (secondary N) is 2. The zero-order chi connectivity index (χ0) is 18.3. The zero-order valence-electron chi connectivity index (χ0n) is 13.8. The molecule has 1 heterocycles. The van der Waals surface area contributed by atoms with Gasteiger partial charge in [-0.05, 0) is 37.1 Å². The minimum absolute atomic E-state index is 0.120. The second-order valence-corrected chi connectivity index (χ2v) is 8.17. The molecule has 1 aliphatic heterocycles. The van der Waals surface area contributed by atoms with Crippen LogP contribution in [0.15, 0.2) is 59.5 Å². The number of hydrogen-bond acceptors (Lipinski definition) is 5. The monoisotopic (exact) mass is 379 g/mol. The third-order valence-corrected chi connectivity index (χ3v) is 5.89. The van der Waals surface area contributed by atoms with E-state index in [4.69, 9.17) is 0 Å². The maximum absolute atomic E-state index is 12.3. The number of thioether (sulfide) groups is 1. The van der Waals surface area contributed by atoms with Crippen LogP contribution in [0.2, 0.25) is 0 Å². The molecule has 0 spiro atoms. The molecule has 8 heteroatoms. The number of carbonyl (C=O) groups is 1. The van der Waals surface area contributed by atoms with E-state index in [1.165, 1.54) is 23.9 Å². The molecule has 0 radical (unpaired) electrons. The lowest BCUT2D eigenvalue weighted by molar-refractivity contribution is -0.119. The standard InChI is InChI=1S/C17H21N3O3S2/c1-3-5-13(6-4-2)16(21)19-14-7-9-15(10-8-14)25(22,23)20-17-18-11-12-24-17/h3-4,7-10,13H,1-2,5-6,11-12H2,(H,18,20)(H,19,21). The Bertz CT molecular complexity index is 761. The van der Waals surface area contributed by atoms with Crippen LogP contribution >= 0.6 is 11.8 Å². The number of allylic oxidation sites excluding steroid dienone is 2. The van der Waals surface area contributed by atoms with Crippen molar-refractivity contribution >= 4 is 38.5 Å². The number of aliphatic imine (C=N–C) groups is 1. The summed E-state index contributed by atoms with van der Waals surface area (Å²) >= 11 is 1.37. The number of rotatable bonds is 8. The summed E-state index contributed by atoms with van der Waals surface area (Å²) in [6, 6.07) is 6.03. The van der Waals surface area contributed by atoms with Crippen molar-refractivity contribution in [2.24, 2.45) is 10.9 Å². The molecule has 0 aliphatic carbocycles. The molecule has 1 aromatic rings. The van der Waals surface area contributed by atoms with Gasteiger partial charge in [0.05, 0.1) is 11.4 Å². The second-order valence-electron chi connectivity index (χ2n) is 5.40. The number of sulfonamides is 1. The van der Waals surface area contributed by atoms with E-state index in [1.54, 1.807) is 24.3 Å². The number of nitrogens with zero attached hydrogens (tertiary/aromatic N) is 1. The van der Waals surface area contributed by atoms with Crippen molar-refractivity contribution in [3.63, 3.8) is 0 Å². The van der Waals surface area contributed by atoms with Crippen molar-refractivity contribution in [1.82, 2.24) is 4.72 Å². The van der Waals surface area contributed by atoms with Crippen molar-refractivity contribution in [3.8, 4) is 0 Å². The van der Waals surface area contributed by atoms with Gasteiger partial charge < -0.3 is 5.32 Å². The average molecular weight is 380 g/mol. The second kappa shape index (κ2) is 8.87. The van der Waals surface area contributed by atoms with Crippen LogP contribution in [-0.2, 0) is 14.8 Å². The van der Waals surface area contributed by atoms with Crippen molar-refractivity contribution in [2.75, 3.05) is 17.6 Å². The van der Waals surface area contributed by atoms with Crippen LogP contribution in [0, 0.1) is 5.92 Å². The minimum Gasteiger partial charge on any atom is -0.326 e. The van der Waals surface area contributed by atoms with Gasteiger partial charge in [0.2, 0.25) is 5.91 Å². The number of amides is 1. The van der Waals surface area contributed by atoms with E-state index in [9.17, 15) is 13.2 Å². The molecule has 134 valence electrons. The fourth-order valence-corrected chi connectivity index (χ4v) is 4.28. The van der Waals surface area contributed by atoms with Gasteiger partial charge in [-0.25, -0.2) is 8.42 Å². The lowest BCUT2D eigenvalue weighted by Gasteiger charge is -2.14. The SMILES string of the molecule is C=CCC(CC=C)C(=O)Nc1ccc(S(=O)(=O)NC2=NCCS2)cc1. The van der Waals surface area contributed by atoms with Crippen molar-refractivity contribution < 1.29 is 13.2 Å². The summed E-state index contributed by atoms with van der Waals surface area (Å²) < 4.78 is 27.0. The Morgan fingerprint density at radius 3 is 2.40 bits per heavy atom. The highest BCUT2D eigenvalue weighted by atomic mass is 32.2. The summed E-state index contributed by atoms with van der Waals surface area (Å²) in [5.41, 5.74) is 0.537. The number of anilines is 1. The van der Waals surface area contributed by atoms with E-state index in [-0.39, 0.29) is 16.7 Å². The Balaban J connectivity index is 2.04. The number of carbonyl (C=O) groups excluding carboxylic acids is 1. The molecule has 0 saturated heterocycles. The molecule has 0 fully saturated rings. The van der Waals surface area contributed by atoms with Crippen LogP contribution in [0.5, 0.6) is 0 Å². The third-order valence-electron chi connectivity index (χ3n) is 3.51. The van der Waals surface area contributed by atoms with Crippen molar-refractivity contribution in [1.29, 1.82) is 0 Å². The van der Waals surface area contributed by atoms with E-state index in [2.05, 4.69) is 28.2 Å². The summed E-state index contributed by atoms with van der Waals surface area (Å²) in [6.45, 7) is 7.92. The number of hydrogen-bond donors (Lipinski definition) is 2. The van der Waals surface area contributed by atoms with Gasteiger partial charge in [0, 0.05) is 17.4 Å². The van der Waals surface area contributed by atoms with Gasteiger partial charge in [-0.2, -0.15) is 0 Å². The first-order chi connectivity index (χ1) is 12.0. The molecule has 0 saturated carbocycles. The molecule has 1 aromatic carbocycles. The van der Waals surface area contributed by atoms with Gasteiger partial charge >= 0.3 is 0 Å². The largest absolute Gasteiger partial charge is 0.326 e. The summed E-state index contributed by atoms with van der Waals surface area (Å²) in [7, 11) is -3.66. The van der Waals surface area contributed by atoms with Crippen LogP contribution in [0.1, 0.15) is 12.8 Å². The molecule has 2 N–H and O–H groups in total. The van der Waals surface area contributed by atoms with Crippen LogP contribution in [-0.4, -0.2) is 31.8 Å². The normalized spacial score (nSPS) is 14.0. The van der Waals surface area contributed by atoms with Crippen LogP contribution in [0.25, 0.3) is 0 Å². The van der Waals surface area contributed by atoms with Crippen LogP contribution < -0.4 is 10.0 Å². The van der Waals surface area contributed by atoms with Gasteiger partial charge in [0.25, 0.3) is 10.0 Å². The Morgan fingerprint density at radius 2 is 1.88 bits per heavy atom. The van der Waals surface area contributed by atoms with E-state index in [0.717, 1.165) is 5.75 Å². The molecular formula is C17H21N3O3S2. The fraction of sp³-hybridized carbons (Fsp3) is 0.294. The molecule has 6 nitrogen and oxygen atoms in total. The van der Waals surface area contributed by atoms with Crippen LogP contribution in [0.3, 0.4) is 0 Å². The average Bonchev–Trinajstić information content (AvgIpc) is 3.07. The van der Waals surface area contributed by atoms with Crippen molar-refractivity contribution in [3.05, 3.63) is 49.6 Å². The van der Waals surface area contributed by atoms with Gasteiger partial charge in [-0.1, -0.05) is 23.9 Å². The Morgan fingerprint density at radius 1 is 1.24 bits per heavy atom. The van der Waals surface area contributed by atoms with Gasteiger partial charge in [0.15, 0.2) is 5.17 Å². The third kappa shape index (κ3) is 5.47. The summed E-state index contributed by atoms with van der Waals surface area (Å²) in [4.78, 5) is 16.4. The molecule has 0 bridgehead atoms. The van der Waals surface area contributed by atoms with E-state index in [1.807, 2.05) is 0 Å².